The summed E-state index contributed by atoms with van der Waals surface area (Å²) in [6, 6.07) is 2.52. The topological polar surface area (TPSA) is 0 Å². The van der Waals surface area contributed by atoms with Crippen LogP contribution in [0.25, 0.3) is 10.8 Å². The minimum Gasteiger partial charge on any atom is -0.207 e. The molecule has 2 aromatic rings. The molecule has 0 spiro atoms. The van der Waals surface area contributed by atoms with Crippen molar-refractivity contribution in [3.63, 3.8) is 0 Å². The fraction of sp³-hybridized carbons (Fsp3) is 0.615. The van der Waals surface area contributed by atoms with Crippen molar-refractivity contribution in [1.82, 2.24) is 0 Å². The Morgan fingerprint density at radius 2 is 1.59 bits per heavy atom. The van der Waals surface area contributed by atoms with Crippen molar-refractivity contribution in [2.24, 2.45) is 17.8 Å². The number of halogens is 6. The number of alkyl halides is 3. The van der Waals surface area contributed by atoms with Crippen LogP contribution in [-0.2, 0) is 6.18 Å². The smallest absolute Gasteiger partial charge is 0.207 e. The Bertz CT molecular complexity index is 963. The molecule has 0 radical (unpaired) electrons. The number of fused-ring (bicyclic) bond motifs is 2. The molecule has 0 aliphatic heterocycles. The second-order valence-corrected chi connectivity index (χ2v) is 9.84. The molecule has 2 unspecified atom stereocenters. The van der Waals surface area contributed by atoms with Gasteiger partial charge in [-0.3, -0.25) is 0 Å². The molecule has 176 valence electrons. The molecule has 2 aliphatic carbocycles. The quantitative estimate of drug-likeness (QED) is 0.311. The summed E-state index contributed by atoms with van der Waals surface area (Å²) in [6.45, 7) is 2.19. The standard InChI is InChI=1S/C26H30F6/c1-2-3-4-5-15-6-7-17-11-18(9-8-16(17)10-15)21-13-19-12-20(27)14-22(28)23(19)25(29)24(21)26(30,31)32/h12-18H,2-11H2,1H3/t15-,16?,17-,18?/m1/s1. The lowest BCUT2D eigenvalue weighted by molar-refractivity contribution is -0.140. The highest BCUT2D eigenvalue weighted by Crippen LogP contribution is 2.51. The normalized spacial score (nSPS) is 26.3. The lowest BCUT2D eigenvalue weighted by Gasteiger charge is -2.43. The zero-order chi connectivity index (χ0) is 23.0. The molecular weight excluding hydrogens is 426 g/mol. The van der Waals surface area contributed by atoms with E-state index in [9.17, 15) is 22.0 Å². The van der Waals surface area contributed by atoms with Gasteiger partial charge in [-0.1, -0.05) is 39.0 Å². The van der Waals surface area contributed by atoms with E-state index < -0.39 is 40.5 Å². The van der Waals surface area contributed by atoms with Gasteiger partial charge >= 0.3 is 6.18 Å². The van der Waals surface area contributed by atoms with Gasteiger partial charge in [0.2, 0.25) is 0 Å². The number of rotatable bonds is 5. The van der Waals surface area contributed by atoms with E-state index >= 15 is 4.39 Å². The number of hydrogen-bond acceptors (Lipinski definition) is 0. The van der Waals surface area contributed by atoms with Crippen molar-refractivity contribution in [1.29, 1.82) is 0 Å². The summed E-state index contributed by atoms with van der Waals surface area (Å²) in [5.41, 5.74) is -1.52. The maximum absolute atomic E-state index is 15.0. The van der Waals surface area contributed by atoms with E-state index in [0.717, 1.165) is 31.7 Å². The van der Waals surface area contributed by atoms with E-state index in [1.807, 2.05) is 0 Å². The van der Waals surface area contributed by atoms with Crippen molar-refractivity contribution >= 4 is 10.8 Å². The largest absolute Gasteiger partial charge is 0.419 e. The predicted octanol–water partition coefficient (Wildman–Crippen LogP) is 9.16. The van der Waals surface area contributed by atoms with Crippen molar-refractivity contribution in [2.75, 3.05) is 0 Å². The molecule has 0 saturated heterocycles. The molecule has 0 nitrogen and oxygen atoms in total. The van der Waals surface area contributed by atoms with Crippen LogP contribution < -0.4 is 0 Å². The van der Waals surface area contributed by atoms with E-state index in [0.29, 0.717) is 36.7 Å². The summed E-state index contributed by atoms with van der Waals surface area (Å²) < 4.78 is 84.6. The fourth-order valence-electron chi connectivity index (χ4n) is 6.25. The minimum absolute atomic E-state index is 0.143. The lowest BCUT2D eigenvalue weighted by atomic mass is 9.63. The highest BCUT2D eigenvalue weighted by molar-refractivity contribution is 5.86. The third-order valence-electron chi connectivity index (χ3n) is 7.79. The van der Waals surface area contributed by atoms with Gasteiger partial charge in [-0.25, -0.2) is 13.2 Å². The minimum atomic E-state index is -4.94. The van der Waals surface area contributed by atoms with Crippen LogP contribution >= 0.6 is 0 Å². The third-order valence-corrected chi connectivity index (χ3v) is 7.79. The number of hydrogen-bond donors (Lipinski definition) is 0. The van der Waals surface area contributed by atoms with Gasteiger partial charge in [0.25, 0.3) is 0 Å². The third kappa shape index (κ3) is 4.65. The first-order chi connectivity index (χ1) is 15.2. The highest BCUT2D eigenvalue weighted by atomic mass is 19.4. The first-order valence-electron chi connectivity index (χ1n) is 11.9. The highest BCUT2D eigenvalue weighted by Gasteiger charge is 2.43. The zero-order valence-corrected chi connectivity index (χ0v) is 18.4. The van der Waals surface area contributed by atoms with Crippen LogP contribution in [0.4, 0.5) is 26.3 Å². The molecule has 0 bridgehead atoms. The molecular formula is C26H30F6. The van der Waals surface area contributed by atoms with E-state index in [1.165, 1.54) is 31.7 Å². The molecule has 0 aromatic heterocycles. The van der Waals surface area contributed by atoms with Crippen molar-refractivity contribution < 1.29 is 26.3 Å². The Morgan fingerprint density at radius 3 is 2.31 bits per heavy atom. The number of unbranched alkanes of at least 4 members (excludes halogenated alkanes) is 2. The van der Waals surface area contributed by atoms with Crippen LogP contribution in [0.5, 0.6) is 0 Å². The maximum atomic E-state index is 15.0. The van der Waals surface area contributed by atoms with Crippen molar-refractivity contribution in [3.05, 3.63) is 46.8 Å². The van der Waals surface area contributed by atoms with Crippen molar-refractivity contribution in [3.8, 4) is 0 Å². The maximum Gasteiger partial charge on any atom is 0.419 e. The summed E-state index contributed by atoms with van der Waals surface area (Å²) in [5, 5.41) is -0.937. The SMILES string of the molecule is CCCCC[C@@H]1CC[C@@H]2CC(c3cc4cc(F)cc(F)c4c(F)c3C(F)(F)F)CCC2C1. The van der Waals surface area contributed by atoms with Gasteiger partial charge in [0, 0.05) is 6.07 Å². The summed E-state index contributed by atoms with van der Waals surface area (Å²) in [5.74, 6) is -2.75. The zero-order valence-electron chi connectivity index (χ0n) is 18.4. The van der Waals surface area contributed by atoms with E-state index in [2.05, 4.69) is 6.92 Å². The number of benzene rings is 2. The molecule has 2 saturated carbocycles. The summed E-state index contributed by atoms with van der Waals surface area (Å²) in [6.07, 6.45) is 5.15. The molecule has 0 N–H and O–H groups in total. The van der Waals surface area contributed by atoms with Gasteiger partial charge in [-0.2, -0.15) is 13.2 Å². The fourth-order valence-corrected chi connectivity index (χ4v) is 6.25. The van der Waals surface area contributed by atoms with Gasteiger partial charge in [0.15, 0.2) is 0 Å². The second-order valence-electron chi connectivity index (χ2n) is 9.84. The Hall–Kier alpha value is -1.72. The van der Waals surface area contributed by atoms with E-state index in [4.69, 9.17) is 0 Å². The van der Waals surface area contributed by atoms with Crippen LogP contribution in [0.2, 0.25) is 0 Å². The van der Waals surface area contributed by atoms with Crippen LogP contribution in [0.1, 0.15) is 88.2 Å². The summed E-state index contributed by atoms with van der Waals surface area (Å²) >= 11 is 0. The summed E-state index contributed by atoms with van der Waals surface area (Å²) in [7, 11) is 0. The van der Waals surface area contributed by atoms with Crippen LogP contribution in [-0.4, -0.2) is 0 Å². The van der Waals surface area contributed by atoms with Gasteiger partial charge < -0.3 is 0 Å². The van der Waals surface area contributed by atoms with Gasteiger partial charge in [0.05, 0.1) is 10.9 Å². The second kappa shape index (κ2) is 9.26. The predicted molar refractivity (Wildman–Crippen MR) is 114 cm³/mol. The monoisotopic (exact) mass is 456 g/mol. The molecule has 2 aromatic carbocycles. The van der Waals surface area contributed by atoms with E-state index in [1.54, 1.807) is 0 Å². The first-order valence-corrected chi connectivity index (χ1v) is 11.9. The Kier molecular flexibility index (Phi) is 6.78. The van der Waals surface area contributed by atoms with Crippen LogP contribution in [0.3, 0.4) is 0 Å². The van der Waals surface area contributed by atoms with Gasteiger partial charge in [0.1, 0.15) is 17.5 Å². The summed E-state index contributed by atoms with van der Waals surface area (Å²) in [4.78, 5) is 0. The Balaban J connectivity index is 1.62. The molecule has 0 amide bonds. The van der Waals surface area contributed by atoms with Gasteiger partial charge in [-0.05, 0) is 78.9 Å². The first kappa shape index (κ1) is 23.4. The van der Waals surface area contributed by atoms with E-state index in [-0.39, 0.29) is 10.9 Å². The average Bonchev–Trinajstić information content (AvgIpc) is 2.71. The lowest BCUT2D eigenvalue weighted by Crippen LogP contribution is -2.31. The molecule has 4 atom stereocenters. The molecule has 2 aliphatic rings. The van der Waals surface area contributed by atoms with Gasteiger partial charge in [-0.15, -0.1) is 0 Å². The average molecular weight is 457 g/mol. The van der Waals surface area contributed by atoms with Crippen LogP contribution in [0, 0.1) is 35.2 Å². The molecule has 4 rings (SSSR count). The molecule has 32 heavy (non-hydrogen) atoms. The molecule has 2 fully saturated rings. The molecule has 0 heterocycles. The van der Waals surface area contributed by atoms with Crippen LogP contribution in [0.15, 0.2) is 18.2 Å². The van der Waals surface area contributed by atoms with Crippen molar-refractivity contribution in [2.45, 2.75) is 83.2 Å². The molecule has 6 heteroatoms. The Morgan fingerprint density at radius 1 is 0.875 bits per heavy atom. The Labute approximate surface area is 185 Å².